The van der Waals surface area contributed by atoms with Crippen LogP contribution in [-0.2, 0) is 33.8 Å². The summed E-state index contributed by atoms with van der Waals surface area (Å²) >= 11 is 0. The van der Waals surface area contributed by atoms with E-state index in [1.807, 2.05) is 4.98 Å². The van der Waals surface area contributed by atoms with Gasteiger partial charge in [0.2, 0.25) is 0 Å². The fourth-order valence-electron chi connectivity index (χ4n) is 5.54. The number of nitrogens with one attached hydrogen (secondary N) is 1. The zero-order chi connectivity index (χ0) is 38.6. The number of anilines is 1. The largest absolute Gasteiger partial charge is 1.00 e. The molecule has 3 aromatic rings. The fraction of sp³-hybridized carbons (Fsp3) is 0.444. The van der Waals surface area contributed by atoms with Gasteiger partial charge >= 0.3 is 64.8 Å². The Hall–Kier alpha value is -2.13. The van der Waals surface area contributed by atoms with Crippen LogP contribution < -0.4 is 85.9 Å². The van der Waals surface area contributed by atoms with Crippen molar-refractivity contribution in [3.05, 3.63) is 56.8 Å². The number of nitrogen functional groups attached to an aromatic ring is 1. The first-order valence-electron chi connectivity index (χ1n) is 15.4. The predicted molar refractivity (Wildman–Crippen MR) is 172 cm³/mol. The molecule has 24 nitrogen and oxygen atoms in total. The molecular weight excluding hydrogens is 798 g/mol. The molecule has 6 rings (SSSR count). The van der Waals surface area contributed by atoms with Gasteiger partial charge in [-0.3, -0.25) is 23.5 Å². The number of aromatic nitrogens is 8. The van der Waals surface area contributed by atoms with E-state index < -0.39 is 89.5 Å². The van der Waals surface area contributed by atoms with E-state index in [-0.39, 0.29) is 98.6 Å². The van der Waals surface area contributed by atoms with E-state index in [0.717, 1.165) is 17.5 Å². The molecule has 5 heterocycles. The van der Waals surface area contributed by atoms with Gasteiger partial charge in [0.05, 0.1) is 37.1 Å². The summed E-state index contributed by atoms with van der Waals surface area (Å²) in [7, 11) is -11.6. The summed E-state index contributed by atoms with van der Waals surface area (Å²) in [5.41, 5.74) is 5.97. The number of H-pyrrole nitrogens is 1. The number of aryl methyl sites for hydroxylation is 2. The average molecular weight is 830 g/mol. The summed E-state index contributed by atoms with van der Waals surface area (Å²) in [6.45, 7) is 0.570. The first-order chi connectivity index (χ1) is 24.9. The molecule has 0 aliphatic carbocycles. The Morgan fingerprint density at radius 1 is 0.982 bits per heavy atom. The second-order valence-electron chi connectivity index (χ2n) is 12.0. The molecule has 3 aliphatic heterocycles. The van der Waals surface area contributed by atoms with Crippen LogP contribution in [0.5, 0.6) is 0 Å². The van der Waals surface area contributed by atoms with E-state index >= 15 is 0 Å². The maximum absolute atomic E-state index is 12.5. The molecule has 0 radical (unpaired) electrons. The molecule has 1 aromatic carbocycles. The van der Waals surface area contributed by atoms with E-state index in [2.05, 4.69) is 38.3 Å². The van der Waals surface area contributed by atoms with Gasteiger partial charge in [-0.15, -0.1) is 0 Å². The van der Waals surface area contributed by atoms with Crippen molar-refractivity contribution >= 4 is 43.7 Å². The molecule has 9 atom stereocenters. The monoisotopic (exact) mass is 829 g/mol. The van der Waals surface area contributed by atoms with Crippen molar-refractivity contribution in [1.82, 2.24) is 39.0 Å². The average Bonchev–Trinajstić information content (AvgIpc) is 3.63. The number of ether oxygens (including phenoxy) is 1. The zero-order valence-corrected chi connectivity index (χ0v) is 35.2. The number of hydrogen-bond acceptors (Lipinski definition) is 21. The first kappa shape index (κ1) is 45.6. The Balaban J connectivity index is 0.00000336. The minimum absolute atomic E-state index is 0. The van der Waals surface area contributed by atoms with Gasteiger partial charge in [0.15, 0.2) is 29.2 Å². The van der Waals surface area contributed by atoms with Gasteiger partial charge in [0.1, 0.15) is 48.5 Å². The van der Waals surface area contributed by atoms with Crippen LogP contribution in [-0.4, -0.2) is 114 Å². The van der Waals surface area contributed by atoms with Crippen LogP contribution in [0.3, 0.4) is 0 Å². The molecular formula is C27H31N9Na2O15P2. The van der Waals surface area contributed by atoms with E-state index in [9.17, 15) is 54.0 Å². The molecule has 0 saturated carbocycles. The minimum Gasteiger partial charge on any atom is -0.756 e. The number of nitrogens with two attached hydrogens (primary N) is 1. The Labute approximate surface area is 352 Å². The molecule has 55 heavy (non-hydrogen) atoms. The molecule has 0 bridgehead atoms. The SMILES string of the molecule is Cc1cc2nc3c(=O)[nH]c(=O)nc-3n(C[C@H](O)[C@H](O)[C@H](O)COP(=O)([O-])OP(=O)([O-])OC[C@H]3O[C@@H](n4cnc5c(N)ncnc54)[C@H](O)[C@H]3O)c2cc1C.[Na+].[Na+]. The van der Waals surface area contributed by atoms with Crippen LogP contribution in [0, 0.1) is 13.8 Å². The van der Waals surface area contributed by atoms with E-state index in [0.29, 0.717) is 0 Å². The van der Waals surface area contributed by atoms with Crippen molar-refractivity contribution in [3.63, 3.8) is 0 Å². The molecule has 2 aromatic heterocycles. The summed E-state index contributed by atoms with van der Waals surface area (Å²) in [6.07, 6.45) is -10.3. The van der Waals surface area contributed by atoms with E-state index in [1.165, 1.54) is 15.5 Å². The molecule has 8 N–H and O–H groups in total. The molecule has 1 fully saturated rings. The number of fused-ring (bicyclic) bond motifs is 3. The summed E-state index contributed by atoms with van der Waals surface area (Å²) in [5, 5.41) is 52.9. The van der Waals surface area contributed by atoms with Gasteiger partial charge in [-0.05, 0) is 37.1 Å². The number of hydrogen-bond donors (Lipinski definition) is 7. The van der Waals surface area contributed by atoms with E-state index in [1.54, 1.807) is 26.0 Å². The smallest absolute Gasteiger partial charge is 0.756 e. The van der Waals surface area contributed by atoms with Crippen molar-refractivity contribution in [2.24, 2.45) is 0 Å². The third-order valence-corrected chi connectivity index (χ3v) is 10.9. The van der Waals surface area contributed by atoms with Crippen LogP contribution in [0.25, 0.3) is 33.7 Å². The van der Waals surface area contributed by atoms with Crippen molar-refractivity contribution in [3.8, 4) is 11.5 Å². The van der Waals surface area contributed by atoms with Crippen LogP contribution in [0.2, 0.25) is 0 Å². The molecule has 286 valence electrons. The topological polar surface area (TPSA) is 369 Å². The standard InChI is InChI=1S/C27H33N9O15P2.2Na/c1-10-3-12-13(4-11(10)2)35(24-18(32-12)25(42)34-27(43)33-24)5-14(37)19(39)15(38)6-48-52(44,45)51-53(46,47)49-7-16-20(40)21(41)26(50-16)36-9-31-17-22(28)29-8-30-23(17)36;;/h3-4,8-9,14-16,19-21,26,37-41H,5-7H2,1-2H3,(H,44,45)(H,46,47)(H2,28,29,30)(H,34,42,43);;/q;2*+1/p-2/t14-,15+,16+,19-,20-,21+,26+;;/m0../s1. The van der Waals surface area contributed by atoms with Crippen molar-refractivity contribution < 1.29 is 122 Å². The number of phosphoric ester groups is 2. The number of rotatable bonds is 13. The van der Waals surface area contributed by atoms with Gasteiger partial charge in [0.25, 0.3) is 21.2 Å². The molecule has 1 saturated heterocycles. The number of nitrogens with zero attached hydrogens (tertiary/aromatic N) is 7. The maximum Gasteiger partial charge on any atom is 1.00 e. The number of imidazole rings is 1. The third kappa shape index (κ3) is 9.78. The van der Waals surface area contributed by atoms with Gasteiger partial charge in [-0.2, -0.15) is 4.98 Å². The Morgan fingerprint density at radius 3 is 2.36 bits per heavy atom. The van der Waals surface area contributed by atoms with Gasteiger partial charge in [0, 0.05) is 0 Å². The summed E-state index contributed by atoms with van der Waals surface area (Å²) in [6, 6.07) is 3.27. The second kappa shape index (κ2) is 17.8. The number of aliphatic hydroxyl groups is 5. The normalized spacial score (nSPS) is 22.4. The molecule has 3 aliphatic rings. The number of aromatic amines is 1. The predicted octanol–water partition coefficient (Wildman–Crippen LogP) is -9.68. The Morgan fingerprint density at radius 2 is 1.65 bits per heavy atom. The van der Waals surface area contributed by atoms with Crippen molar-refractivity contribution in [2.75, 3.05) is 18.9 Å². The Kier molecular flexibility index (Phi) is 14.7. The maximum atomic E-state index is 12.5. The van der Waals surface area contributed by atoms with Crippen LogP contribution in [0.1, 0.15) is 17.4 Å². The van der Waals surface area contributed by atoms with Gasteiger partial charge in [-0.1, -0.05) is 0 Å². The first-order valence-corrected chi connectivity index (χ1v) is 18.3. The van der Waals surface area contributed by atoms with Crippen molar-refractivity contribution in [1.29, 1.82) is 0 Å². The van der Waals surface area contributed by atoms with Crippen molar-refractivity contribution in [2.45, 2.75) is 63.2 Å². The quantitative estimate of drug-likeness (QED) is 0.0329. The number of benzene rings is 1. The molecule has 0 amide bonds. The number of phosphoric acid groups is 2. The summed E-state index contributed by atoms with van der Waals surface area (Å²) in [5.74, 6) is -0.243. The van der Waals surface area contributed by atoms with Crippen LogP contribution >= 0.6 is 15.6 Å². The Bertz CT molecular complexity index is 2370. The molecule has 2 unspecified atom stereocenters. The fourth-order valence-corrected chi connectivity index (χ4v) is 7.56. The minimum atomic E-state index is -5.85. The van der Waals surface area contributed by atoms with Gasteiger partial charge in [-0.25, -0.2) is 29.0 Å². The van der Waals surface area contributed by atoms with Crippen LogP contribution in [0.4, 0.5) is 5.82 Å². The zero-order valence-electron chi connectivity index (χ0n) is 29.4. The summed E-state index contributed by atoms with van der Waals surface area (Å²) in [4.78, 5) is 71.1. The molecule has 0 spiro atoms. The summed E-state index contributed by atoms with van der Waals surface area (Å²) < 4.78 is 45.7. The second-order valence-corrected chi connectivity index (χ2v) is 15.0. The van der Waals surface area contributed by atoms with E-state index in [4.69, 9.17) is 10.5 Å². The number of aliphatic hydroxyl groups excluding tert-OH is 5. The van der Waals surface area contributed by atoms with Gasteiger partial charge < -0.3 is 59.4 Å². The third-order valence-electron chi connectivity index (χ3n) is 8.38. The van der Waals surface area contributed by atoms with Crippen LogP contribution in [0.15, 0.2) is 34.4 Å². The molecule has 28 heteroatoms.